The largest absolute Gasteiger partial charge is 0.417 e. The number of pyridine rings is 1. The van der Waals surface area contributed by atoms with Crippen molar-refractivity contribution in [1.82, 2.24) is 4.57 Å². The Morgan fingerprint density at radius 3 is 2.57 bits per heavy atom. The normalized spacial score (nSPS) is 11.2. The lowest BCUT2D eigenvalue weighted by Crippen LogP contribution is -2.23. The summed E-state index contributed by atoms with van der Waals surface area (Å²) < 4.78 is 39.1. The van der Waals surface area contributed by atoms with Crippen LogP contribution in [0.1, 0.15) is 16.7 Å². The van der Waals surface area contributed by atoms with E-state index < -0.39 is 22.3 Å². The van der Waals surface area contributed by atoms with Gasteiger partial charge in [-0.25, -0.2) is 0 Å². The number of nitrogens with zero attached hydrogens (tertiary/aromatic N) is 2. The maximum Gasteiger partial charge on any atom is 0.417 e. The van der Waals surface area contributed by atoms with Crippen LogP contribution in [0.15, 0.2) is 41.3 Å². The van der Waals surface area contributed by atoms with Gasteiger partial charge in [0.15, 0.2) is 0 Å². The molecule has 0 aliphatic carbocycles. The van der Waals surface area contributed by atoms with Crippen LogP contribution in [0.2, 0.25) is 5.02 Å². The van der Waals surface area contributed by atoms with Gasteiger partial charge in [0.05, 0.1) is 23.7 Å². The van der Waals surface area contributed by atoms with Crippen molar-refractivity contribution in [1.29, 1.82) is 5.26 Å². The van der Waals surface area contributed by atoms with Crippen LogP contribution in [0.5, 0.6) is 0 Å². The maximum absolute atomic E-state index is 12.7. The minimum atomic E-state index is -4.60. The Labute approximate surface area is 122 Å². The minimum Gasteiger partial charge on any atom is -0.309 e. The Hall–Kier alpha value is -2.26. The summed E-state index contributed by atoms with van der Waals surface area (Å²) in [6.07, 6.45) is -3.91. The first-order chi connectivity index (χ1) is 9.82. The lowest BCUT2D eigenvalue weighted by molar-refractivity contribution is -0.138. The zero-order valence-corrected chi connectivity index (χ0v) is 11.2. The average molecular weight is 313 g/mol. The highest BCUT2D eigenvalue weighted by molar-refractivity contribution is 6.30. The molecule has 0 amide bonds. The van der Waals surface area contributed by atoms with E-state index in [4.69, 9.17) is 16.9 Å². The minimum absolute atomic E-state index is 0.161. The van der Waals surface area contributed by atoms with Crippen molar-refractivity contribution in [3.63, 3.8) is 0 Å². The first-order valence-corrected chi connectivity index (χ1v) is 6.16. The monoisotopic (exact) mass is 312 g/mol. The molecule has 0 radical (unpaired) electrons. The van der Waals surface area contributed by atoms with Gasteiger partial charge in [0.25, 0.3) is 5.56 Å². The van der Waals surface area contributed by atoms with Crippen molar-refractivity contribution < 1.29 is 13.2 Å². The lowest BCUT2D eigenvalue weighted by atomic mass is 10.1. The number of rotatable bonds is 2. The maximum atomic E-state index is 12.7. The van der Waals surface area contributed by atoms with Crippen LogP contribution in [0.25, 0.3) is 0 Å². The predicted molar refractivity (Wildman–Crippen MR) is 71.0 cm³/mol. The van der Waals surface area contributed by atoms with Crippen LogP contribution in [0.3, 0.4) is 0 Å². The molecule has 0 N–H and O–H groups in total. The highest BCUT2D eigenvalue weighted by Gasteiger charge is 2.32. The molecule has 0 unspecified atom stereocenters. The second-order valence-electron chi connectivity index (χ2n) is 4.28. The lowest BCUT2D eigenvalue weighted by Gasteiger charge is -2.12. The van der Waals surface area contributed by atoms with Gasteiger partial charge < -0.3 is 4.57 Å². The molecular formula is C14H8ClF3N2O. The third-order valence-corrected chi connectivity index (χ3v) is 3.12. The van der Waals surface area contributed by atoms with Crippen molar-refractivity contribution in [2.75, 3.05) is 0 Å². The predicted octanol–water partition coefficient (Wildman–Crippen LogP) is 3.44. The molecular weight excluding hydrogens is 305 g/mol. The van der Waals surface area contributed by atoms with E-state index in [9.17, 15) is 18.0 Å². The highest BCUT2D eigenvalue weighted by Crippen LogP contribution is 2.29. The van der Waals surface area contributed by atoms with E-state index in [1.54, 1.807) is 18.2 Å². The van der Waals surface area contributed by atoms with Gasteiger partial charge in [0.2, 0.25) is 0 Å². The Morgan fingerprint density at radius 1 is 1.29 bits per heavy atom. The number of hydrogen-bond donors (Lipinski definition) is 0. The van der Waals surface area contributed by atoms with Crippen LogP contribution in [0, 0.1) is 11.3 Å². The third-order valence-electron chi connectivity index (χ3n) is 2.85. The second-order valence-corrected chi connectivity index (χ2v) is 4.68. The Morgan fingerprint density at radius 2 is 1.95 bits per heavy atom. The molecule has 1 aromatic carbocycles. The second kappa shape index (κ2) is 5.62. The van der Waals surface area contributed by atoms with E-state index in [0.29, 0.717) is 17.8 Å². The summed E-state index contributed by atoms with van der Waals surface area (Å²) in [5, 5.41) is 8.45. The molecule has 0 saturated carbocycles. The quantitative estimate of drug-likeness (QED) is 0.852. The molecule has 21 heavy (non-hydrogen) atoms. The molecule has 0 aliphatic heterocycles. The molecule has 0 fully saturated rings. The smallest absolute Gasteiger partial charge is 0.309 e. The van der Waals surface area contributed by atoms with Crippen LogP contribution in [0.4, 0.5) is 13.2 Å². The number of nitriles is 1. The standard InChI is InChI=1S/C14H8ClF3N2O/c15-12-5-11(14(16,17)18)8-20(13(12)21)7-10-4-2-1-3-9(10)6-19/h1-5,8H,7H2. The van der Waals surface area contributed by atoms with Crippen molar-refractivity contribution in [2.45, 2.75) is 12.7 Å². The molecule has 0 saturated heterocycles. The van der Waals surface area contributed by atoms with Crippen LogP contribution in [-0.4, -0.2) is 4.57 Å². The number of benzene rings is 1. The molecule has 0 atom stereocenters. The molecule has 2 aromatic rings. The summed E-state index contributed by atoms with van der Waals surface area (Å²) in [5.41, 5.74) is -1.02. The summed E-state index contributed by atoms with van der Waals surface area (Å²) in [6.45, 7) is -0.161. The fourth-order valence-corrected chi connectivity index (χ4v) is 2.05. The average Bonchev–Trinajstić information content (AvgIpc) is 2.43. The summed E-state index contributed by atoms with van der Waals surface area (Å²) in [5.74, 6) is 0. The first-order valence-electron chi connectivity index (χ1n) is 5.78. The fourth-order valence-electron chi connectivity index (χ4n) is 1.82. The summed E-state index contributed by atoms with van der Waals surface area (Å²) in [4.78, 5) is 11.8. The highest BCUT2D eigenvalue weighted by atomic mass is 35.5. The van der Waals surface area contributed by atoms with Gasteiger partial charge in [-0.05, 0) is 17.7 Å². The number of aromatic nitrogens is 1. The Bertz CT molecular complexity index is 775. The topological polar surface area (TPSA) is 45.8 Å². The van der Waals surface area contributed by atoms with Gasteiger partial charge in [0.1, 0.15) is 5.02 Å². The molecule has 1 heterocycles. The first kappa shape index (κ1) is 15.1. The van der Waals surface area contributed by atoms with Gasteiger partial charge in [-0.15, -0.1) is 0 Å². The third kappa shape index (κ3) is 3.26. The van der Waals surface area contributed by atoms with Gasteiger partial charge >= 0.3 is 6.18 Å². The van der Waals surface area contributed by atoms with E-state index in [1.165, 1.54) is 6.07 Å². The fraction of sp³-hybridized carbons (Fsp3) is 0.143. The summed E-state index contributed by atoms with van der Waals surface area (Å²) in [7, 11) is 0. The molecule has 0 aliphatic rings. The summed E-state index contributed by atoms with van der Waals surface area (Å²) >= 11 is 5.57. The Balaban J connectivity index is 2.52. The SMILES string of the molecule is N#Cc1ccccc1Cn1cc(C(F)(F)F)cc(Cl)c1=O. The van der Waals surface area contributed by atoms with Gasteiger partial charge in [-0.2, -0.15) is 18.4 Å². The zero-order valence-electron chi connectivity index (χ0n) is 10.5. The number of halogens is 4. The van der Waals surface area contributed by atoms with Gasteiger partial charge in [-0.3, -0.25) is 4.79 Å². The van der Waals surface area contributed by atoms with Crippen molar-refractivity contribution in [3.8, 4) is 6.07 Å². The van der Waals surface area contributed by atoms with Crippen LogP contribution >= 0.6 is 11.6 Å². The number of alkyl halides is 3. The molecule has 2 rings (SSSR count). The molecule has 0 bridgehead atoms. The van der Waals surface area contributed by atoms with Crippen molar-refractivity contribution in [2.24, 2.45) is 0 Å². The van der Waals surface area contributed by atoms with E-state index in [1.807, 2.05) is 6.07 Å². The molecule has 7 heteroatoms. The number of hydrogen-bond acceptors (Lipinski definition) is 2. The molecule has 108 valence electrons. The van der Waals surface area contributed by atoms with E-state index in [2.05, 4.69) is 0 Å². The molecule has 1 aromatic heterocycles. The van der Waals surface area contributed by atoms with Gasteiger partial charge in [0, 0.05) is 6.20 Å². The summed E-state index contributed by atoms with van der Waals surface area (Å²) in [6, 6.07) is 8.87. The van der Waals surface area contributed by atoms with Crippen molar-refractivity contribution >= 4 is 11.6 Å². The van der Waals surface area contributed by atoms with E-state index in [0.717, 1.165) is 4.57 Å². The van der Waals surface area contributed by atoms with E-state index in [-0.39, 0.29) is 12.1 Å². The Kier molecular flexibility index (Phi) is 4.05. The van der Waals surface area contributed by atoms with Crippen molar-refractivity contribution in [3.05, 3.63) is 68.6 Å². The van der Waals surface area contributed by atoms with E-state index >= 15 is 0 Å². The molecule has 0 spiro atoms. The van der Waals surface area contributed by atoms with Gasteiger partial charge in [-0.1, -0.05) is 29.8 Å². The molecule has 3 nitrogen and oxygen atoms in total. The zero-order chi connectivity index (χ0) is 15.6. The van der Waals surface area contributed by atoms with Crippen LogP contribution < -0.4 is 5.56 Å². The van der Waals surface area contributed by atoms with Crippen LogP contribution in [-0.2, 0) is 12.7 Å².